The number of likely N-dealkylation sites (tertiary alicyclic amines) is 1. The smallest absolute Gasteiger partial charge is 0.411 e. The Morgan fingerprint density at radius 2 is 1.76 bits per heavy atom. The van der Waals surface area contributed by atoms with Gasteiger partial charge in [0, 0.05) is 44.7 Å². The third kappa shape index (κ3) is 6.38. The van der Waals surface area contributed by atoms with Crippen LogP contribution in [0.5, 0.6) is 0 Å². The summed E-state index contributed by atoms with van der Waals surface area (Å²) in [4.78, 5) is 54.5. The van der Waals surface area contributed by atoms with Gasteiger partial charge in [-0.3, -0.25) is 24.7 Å². The predicted octanol–water partition coefficient (Wildman–Crippen LogP) is 3.12. The van der Waals surface area contributed by atoms with Crippen LogP contribution in [0.4, 0.5) is 15.3 Å². The predicted molar refractivity (Wildman–Crippen MR) is 128 cm³/mol. The van der Waals surface area contributed by atoms with Crippen molar-refractivity contribution in [1.29, 1.82) is 0 Å². The van der Waals surface area contributed by atoms with E-state index in [2.05, 4.69) is 15.5 Å². The normalized spacial score (nSPS) is 18.7. The van der Waals surface area contributed by atoms with Crippen LogP contribution >= 0.6 is 11.6 Å². The van der Waals surface area contributed by atoms with E-state index in [0.717, 1.165) is 6.42 Å². The Hall–Kier alpha value is -2.85. The lowest BCUT2D eigenvalue weighted by molar-refractivity contribution is -0.119. The highest BCUT2D eigenvalue weighted by atomic mass is 35.5. The maximum atomic E-state index is 13.1. The summed E-state index contributed by atoms with van der Waals surface area (Å²) >= 11 is 6.16. The average molecular weight is 494 g/mol. The van der Waals surface area contributed by atoms with Gasteiger partial charge in [-0.05, 0) is 45.4 Å². The molecule has 3 rings (SSSR count). The summed E-state index contributed by atoms with van der Waals surface area (Å²) in [5.41, 5.74) is 0.0879. The number of hydrogen-bond donors (Lipinski definition) is 2. The van der Waals surface area contributed by atoms with Crippen LogP contribution in [-0.4, -0.2) is 83.1 Å². The van der Waals surface area contributed by atoms with Crippen LogP contribution < -0.4 is 10.6 Å². The number of carbonyl (C=O) groups excluding carboxylic acids is 4. The van der Waals surface area contributed by atoms with Crippen molar-refractivity contribution in [1.82, 2.24) is 20.0 Å². The summed E-state index contributed by atoms with van der Waals surface area (Å²) in [6.45, 7) is 10.1. The minimum absolute atomic E-state index is 0.0113. The van der Waals surface area contributed by atoms with Crippen LogP contribution in [-0.2, 0) is 9.53 Å². The molecule has 2 heterocycles. The summed E-state index contributed by atoms with van der Waals surface area (Å²) in [7, 11) is 0. The second-order valence-electron chi connectivity index (χ2n) is 9.32. The Labute approximate surface area is 204 Å². The number of nitrogens with one attached hydrogen (secondary N) is 2. The number of rotatable bonds is 4. The summed E-state index contributed by atoms with van der Waals surface area (Å²) in [5, 5.41) is 4.95. The van der Waals surface area contributed by atoms with Crippen molar-refractivity contribution in [3.05, 3.63) is 28.8 Å². The lowest BCUT2D eigenvalue weighted by Crippen LogP contribution is -2.64. The van der Waals surface area contributed by atoms with Gasteiger partial charge in [0.15, 0.2) is 0 Å². The maximum absolute atomic E-state index is 13.1. The van der Waals surface area contributed by atoms with Crippen molar-refractivity contribution in [2.45, 2.75) is 52.3 Å². The number of nitrogens with zero attached hydrogens (tertiary/aromatic N) is 3. The molecule has 1 aromatic carbocycles. The van der Waals surface area contributed by atoms with Gasteiger partial charge in [0.05, 0.1) is 16.9 Å². The second-order valence-corrected chi connectivity index (χ2v) is 9.73. The molecule has 0 aromatic heterocycles. The quantitative estimate of drug-likeness (QED) is 0.666. The van der Waals surface area contributed by atoms with E-state index in [0.29, 0.717) is 38.3 Å². The molecule has 2 N–H and O–H groups in total. The first kappa shape index (κ1) is 25.8. The number of carbonyl (C=O) groups is 4. The largest absolute Gasteiger partial charge is 0.444 e. The van der Waals surface area contributed by atoms with E-state index < -0.39 is 17.5 Å². The third-order valence-corrected chi connectivity index (χ3v) is 6.00. The van der Waals surface area contributed by atoms with Crippen molar-refractivity contribution in [2.75, 3.05) is 38.0 Å². The topological polar surface area (TPSA) is 111 Å². The van der Waals surface area contributed by atoms with Gasteiger partial charge in [-0.25, -0.2) is 9.59 Å². The van der Waals surface area contributed by atoms with Crippen molar-refractivity contribution < 1.29 is 23.9 Å². The molecule has 10 nitrogen and oxygen atoms in total. The van der Waals surface area contributed by atoms with E-state index in [1.807, 2.05) is 20.8 Å². The van der Waals surface area contributed by atoms with Crippen LogP contribution in [0.3, 0.4) is 0 Å². The highest BCUT2D eigenvalue weighted by Crippen LogP contribution is 2.27. The van der Waals surface area contributed by atoms with Crippen molar-refractivity contribution in [3.63, 3.8) is 0 Å². The molecule has 2 saturated heterocycles. The van der Waals surface area contributed by atoms with Gasteiger partial charge >= 0.3 is 12.1 Å². The first-order valence-electron chi connectivity index (χ1n) is 11.4. The first-order valence-corrected chi connectivity index (χ1v) is 11.8. The molecule has 1 unspecified atom stereocenters. The monoisotopic (exact) mass is 493 g/mol. The summed E-state index contributed by atoms with van der Waals surface area (Å²) in [5.74, 6) is -0.600. The number of hydrogen-bond acceptors (Lipinski definition) is 6. The fraction of sp³-hybridized carbons (Fsp3) is 0.565. The molecule has 0 aliphatic carbocycles. The number of benzene rings is 1. The van der Waals surface area contributed by atoms with Gasteiger partial charge in [0.25, 0.3) is 5.91 Å². The van der Waals surface area contributed by atoms with E-state index in [-0.39, 0.29) is 35.3 Å². The highest BCUT2D eigenvalue weighted by molar-refractivity contribution is 6.34. The maximum Gasteiger partial charge on any atom is 0.411 e. The molecular weight excluding hydrogens is 462 g/mol. The highest BCUT2D eigenvalue weighted by Gasteiger charge is 2.40. The summed E-state index contributed by atoms with van der Waals surface area (Å²) in [6.07, 6.45) is 0.722. The molecule has 34 heavy (non-hydrogen) atoms. The number of urea groups is 1. The van der Waals surface area contributed by atoms with Gasteiger partial charge in [0.1, 0.15) is 5.60 Å². The lowest BCUT2D eigenvalue weighted by Gasteiger charge is -2.49. The molecule has 2 fully saturated rings. The van der Waals surface area contributed by atoms with Crippen LogP contribution in [0.2, 0.25) is 5.02 Å². The van der Waals surface area contributed by atoms with Crippen LogP contribution in [0.15, 0.2) is 18.2 Å². The Kier molecular flexibility index (Phi) is 8.04. The molecule has 11 heteroatoms. The van der Waals surface area contributed by atoms with Crippen molar-refractivity contribution in [2.24, 2.45) is 0 Å². The van der Waals surface area contributed by atoms with Gasteiger partial charge in [-0.15, -0.1) is 0 Å². The lowest BCUT2D eigenvalue weighted by atomic mass is 10.1. The SMILES string of the molecule is CCC(=O)NC(=O)Nc1cc(C(=O)N2CCN(C3CCN3C(=O)OC(C)(C)C)CC2)ccc1Cl. The van der Waals surface area contributed by atoms with Gasteiger partial charge in [0.2, 0.25) is 5.91 Å². The zero-order valence-electron chi connectivity index (χ0n) is 20.0. The number of imide groups is 1. The molecule has 2 aliphatic rings. The Bertz CT molecular complexity index is 956. The van der Waals surface area contributed by atoms with Gasteiger partial charge in [-0.1, -0.05) is 18.5 Å². The van der Waals surface area contributed by atoms with E-state index in [1.54, 1.807) is 22.8 Å². The summed E-state index contributed by atoms with van der Waals surface area (Å²) < 4.78 is 5.49. The second kappa shape index (κ2) is 10.6. The number of halogens is 1. The molecule has 186 valence electrons. The van der Waals surface area contributed by atoms with Crippen molar-refractivity contribution >= 4 is 41.2 Å². The zero-order valence-corrected chi connectivity index (χ0v) is 20.8. The fourth-order valence-corrected chi connectivity index (χ4v) is 3.98. The van der Waals surface area contributed by atoms with Gasteiger partial charge in [-0.2, -0.15) is 0 Å². The number of amides is 5. The van der Waals surface area contributed by atoms with Gasteiger partial charge < -0.3 is 15.0 Å². The van der Waals surface area contributed by atoms with E-state index in [4.69, 9.17) is 16.3 Å². The third-order valence-electron chi connectivity index (χ3n) is 5.67. The Morgan fingerprint density at radius 3 is 2.32 bits per heavy atom. The molecule has 1 atom stereocenters. The molecule has 0 radical (unpaired) electrons. The molecule has 0 spiro atoms. The molecule has 0 bridgehead atoms. The molecule has 1 aromatic rings. The average Bonchev–Trinajstić information content (AvgIpc) is 2.73. The molecule has 5 amide bonds. The number of piperazine rings is 1. The van der Waals surface area contributed by atoms with Crippen LogP contribution in [0.25, 0.3) is 0 Å². The standard InChI is InChI=1S/C23H32ClN5O5/c1-5-18(30)26-21(32)25-17-14-15(6-7-16(17)24)20(31)28-12-10-27(11-13-28)19-8-9-29(19)22(33)34-23(2,3)4/h6-7,14,19H,5,8-13H2,1-4H3,(H2,25,26,30,32). The van der Waals surface area contributed by atoms with Crippen LogP contribution in [0.1, 0.15) is 50.9 Å². The minimum atomic E-state index is -0.706. The Morgan fingerprint density at radius 1 is 1.09 bits per heavy atom. The number of anilines is 1. The fourth-order valence-electron chi connectivity index (χ4n) is 3.82. The van der Waals surface area contributed by atoms with Crippen LogP contribution in [0, 0.1) is 0 Å². The zero-order chi connectivity index (χ0) is 25.0. The first-order chi connectivity index (χ1) is 16.0. The minimum Gasteiger partial charge on any atom is -0.444 e. The van der Waals surface area contributed by atoms with E-state index in [1.165, 1.54) is 12.1 Å². The Balaban J connectivity index is 1.57. The van der Waals surface area contributed by atoms with Crippen molar-refractivity contribution in [3.8, 4) is 0 Å². The molecule has 2 aliphatic heterocycles. The van der Waals surface area contributed by atoms with E-state index >= 15 is 0 Å². The van der Waals surface area contributed by atoms with E-state index in [9.17, 15) is 19.2 Å². The molecule has 0 saturated carbocycles. The summed E-state index contributed by atoms with van der Waals surface area (Å²) in [6, 6.07) is 3.94. The number of ether oxygens (including phenoxy) is 1. The molecular formula is C23H32ClN5O5.